The van der Waals surface area contributed by atoms with Crippen LogP contribution in [0, 0.1) is 22.7 Å². The van der Waals surface area contributed by atoms with Gasteiger partial charge in [0.05, 0.1) is 11.7 Å². The van der Waals surface area contributed by atoms with E-state index < -0.39 is 5.60 Å². The molecule has 0 spiro atoms. The molecule has 2 heteroatoms. The lowest BCUT2D eigenvalue weighted by Crippen LogP contribution is -2.54. The van der Waals surface area contributed by atoms with Crippen molar-refractivity contribution in [1.29, 1.82) is 0 Å². The first-order valence-electron chi connectivity index (χ1n) is 8.75. The van der Waals surface area contributed by atoms with E-state index in [-0.39, 0.29) is 16.9 Å². The van der Waals surface area contributed by atoms with Gasteiger partial charge in [0.1, 0.15) is 0 Å². The zero-order chi connectivity index (χ0) is 16.8. The van der Waals surface area contributed by atoms with E-state index in [9.17, 15) is 10.2 Å². The van der Waals surface area contributed by atoms with Gasteiger partial charge in [-0.2, -0.15) is 0 Å². The van der Waals surface area contributed by atoms with E-state index in [4.69, 9.17) is 0 Å². The van der Waals surface area contributed by atoms with Gasteiger partial charge in [-0.3, -0.25) is 0 Å². The van der Waals surface area contributed by atoms with Crippen molar-refractivity contribution in [3.8, 4) is 0 Å². The summed E-state index contributed by atoms with van der Waals surface area (Å²) in [4.78, 5) is 0. The maximum absolute atomic E-state index is 10.5. The van der Waals surface area contributed by atoms with Crippen molar-refractivity contribution < 1.29 is 10.2 Å². The number of rotatable bonds is 4. The molecule has 0 heterocycles. The van der Waals surface area contributed by atoms with Crippen molar-refractivity contribution in [1.82, 2.24) is 0 Å². The Morgan fingerprint density at radius 3 is 2.64 bits per heavy atom. The van der Waals surface area contributed by atoms with Crippen LogP contribution in [0.2, 0.25) is 0 Å². The highest BCUT2D eigenvalue weighted by atomic mass is 16.3. The minimum absolute atomic E-state index is 0.0383. The molecule has 0 aliphatic heterocycles. The summed E-state index contributed by atoms with van der Waals surface area (Å²) in [6.45, 7) is 14.7. The van der Waals surface area contributed by atoms with Crippen LogP contribution in [0.1, 0.15) is 66.7 Å². The van der Waals surface area contributed by atoms with Crippen molar-refractivity contribution in [2.45, 2.75) is 78.4 Å². The van der Waals surface area contributed by atoms with E-state index in [1.165, 1.54) is 5.57 Å². The van der Waals surface area contributed by atoms with Crippen LogP contribution in [0.4, 0.5) is 0 Å². The van der Waals surface area contributed by atoms with Gasteiger partial charge in [-0.15, -0.1) is 6.58 Å². The van der Waals surface area contributed by atoms with Crippen LogP contribution >= 0.6 is 0 Å². The first-order chi connectivity index (χ1) is 10.0. The van der Waals surface area contributed by atoms with Crippen molar-refractivity contribution in [2.24, 2.45) is 22.7 Å². The van der Waals surface area contributed by atoms with Gasteiger partial charge >= 0.3 is 0 Å². The average Bonchev–Trinajstić information content (AvgIpc) is 2.42. The number of hydrogen-bond donors (Lipinski definition) is 2. The molecule has 0 saturated heterocycles. The second-order valence-electron chi connectivity index (χ2n) is 8.77. The maximum atomic E-state index is 10.5. The second kappa shape index (κ2) is 5.79. The molecule has 0 aromatic rings. The monoisotopic (exact) mass is 306 g/mol. The van der Waals surface area contributed by atoms with Crippen LogP contribution in [0.15, 0.2) is 24.3 Å². The molecule has 0 amide bonds. The molecule has 22 heavy (non-hydrogen) atoms. The fourth-order valence-electron chi connectivity index (χ4n) is 5.13. The van der Waals surface area contributed by atoms with Gasteiger partial charge < -0.3 is 10.2 Å². The number of aliphatic hydroxyl groups excluding tert-OH is 1. The molecule has 2 aliphatic rings. The number of allylic oxidation sites excluding steroid dienone is 2. The minimum Gasteiger partial charge on any atom is -0.393 e. The fraction of sp³-hybridized carbons (Fsp3) is 0.800. The zero-order valence-electron chi connectivity index (χ0n) is 15.0. The van der Waals surface area contributed by atoms with Crippen LogP contribution in [0.5, 0.6) is 0 Å². The van der Waals surface area contributed by atoms with Crippen molar-refractivity contribution in [3.05, 3.63) is 24.3 Å². The van der Waals surface area contributed by atoms with Crippen LogP contribution in [0.25, 0.3) is 0 Å². The topological polar surface area (TPSA) is 40.5 Å². The quantitative estimate of drug-likeness (QED) is 0.752. The predicted molar refractivity (Wildman–Crippen MR) is 92.5 cm³/mol. The highest BCUT2D eigenvalue weighted by molar-refractivity contribution is 5.19. The molecule has 2 aliphatic carbocycles. The number of hydrogen-bond acceptors (Lipinski definition) is 2. The molecule has 0 radical (unpaired) electrons. The third-order valence-corrected chi connectivity index (χ3v) is 6.91. The molecule has 2 rings (SSSR count). The van der Waals surface area contributed by atoms with E-state index in [2.05, 4.69) is 40.3 Å². The molecular weight excluding hydrogens is 272 g/mol. The summed E-state index contributed by atoms with van der Waals surface area (Å²) >= 11 is 0. The molecular formula is C20H34O2. The van der Waals surface area contributed by atoms with E-state index in [0.717, 1.165) is 32.1 Å². The van der Waals surface area contributed by atoms with Crippen molar-refractivity contribution >= 4 is 0 Å². The standard InChI is InChI=1S/C20H34O2/c1-7-19(5,22)12-10-15-14(2)8-9-16-18(3,4)17(21)11-13-20(15,16)6/h7-8,15-17,21-22H,1,9-13H2,2-6H3/t15-,16-,17+,19-,20+/m0/s1. The zero-order valence-corrected chi connectivity index (χ0v) is 15.0. The van der Waals surface area contributed by atoms with Gasteiger partial charge in [0.15, 0.2) is 0 Å². The smallest absolute Gasteiger partial charge is 0.0797 e. The normalized spacial score (nSPS) is 40.3. The van der Waals surface area contributed by atoms with E-state index in [1.54, 1.807) is 6.08 Å². The molecule has 5 atom stereocenters. The lowest BCUT2D eigenvalue weighted by Gasteiger charge is -2.58. The number of aliphatic hydroxyl groups is 2. The predicted octanol–water partition coefficient (Wildman–Crippen LogP) is 4.47. The molecule has 2 N–H and O–H groups in total. The first kappa shape index (κ1) is 17.7. The van der Waals surface area contributed by atoms with Gasteiger partial charge in [-0.25, -0.2) is 0 Å². The van der Waals surface area contributed by atoms with E-state index >= 15 is 0 Å². The highest BCUT2D eigenvalue weighted by Crippen LogP contribution is 2.60. The Hall–Kier alpha value is -0.600. The second-order valence-corrected chi connectivity index (χ2v) is 8.77. The lowest BCUT2D eigenvalue weighted by molar-refractivity contribution is -0.117. The summed E-state index contributed by atoms with van der Waals surface area (Å²) in [5.41, 5.74) is 0.862. The Bertz CT molecular complexity index is 460. The average molecular weight is 306 g/mol. The van der Waals surface area contributed by atoms with Gasteiger partial charge in [0.2, 0.25) is 0 Å². The SMILES string of the molecule is C=C[C@](C)(O)CC[C@H]1C(C)=CC[C@H]2C(C)(C)[C@H](O)CC[C@]12C. The largest absolute Gasteiger partial charge is 0.393 e. The van der Waals surface area contributed by atoms with Crippen molar-refractivity contribution in [3.63, 3.8) is 0 Å². The van der Waals surface area contributed by atoms with Crippen LogP contribution in [-0.4, -0.2) is 21.9 Å². The van der Waals surface area contributed by atoms with Gasteiger partial charge in [0, 0.05) is 0 Å². The Morgan fingerprint density at radius 2 is 2.05 bits per heavy atom. The third-order valence-electron chi connectivity index (χ3n) is 6.91. The number of fused-ring (bicyclic) bond motifs is 1. The van der Waals surface area contributed by atoms with E-state index in [0.29, 0.717) is 11.8 Å². The molecule has 126 valence electrons. The van der Waals surface area contributed by atoms with Crippen LogP contribution < -0.4 is 0 Å². The summed E-state index contributed by atoms with van der Waals surface area (Å²) in [5, 5.41) is 20.8. The molecule has 2 nitrogen and oxygen atoms in total. The van der Waals surface area contributed by atoms with Crippen LogP contribution in [0.3, 0.4) is 0 Å². The Balaban J connectivity index is 2.28. The maximum Gasteiger partial charge on any atom is 0.0797 e. The van der Waals surface area contributed by atoms with Gasteiger partial charge in [-0.05, 0) is 68.6 Å². The Kier molecular flexibility index (Phi) is 4.68. The minimum atomic E-state index is -0.784. The van der Waals surface area contributed by atoms with Gasteiger partial charge in [-0.1, -0.05) is 38.5 Å². The van der Waals surface area contributed by atoms with Crippen LogP contribution in [-0.2, 0) is 0 Å². The molecule has 0 bridgehead atoms. The molecule has 1 saturated carbocycles. The Labute approximate surface area is 136 Å². The molecule has 0 aromatic carbocycles. The lowest BCUT2D eigenvalue weighted by atomic mass is 9.47. The van der Waals surface area contributed by atoms with Crippen molar-refractivity contribution in [2.75, 3.05) is 0 Å². The fourth-order valence-corrected chi connectivity index (χ4v) is 5.13. The molecule has 0 unspecified atom stereocenters. The summed E-state index contributed by atoms with van der Waals surface area (Å²) in [6.07, 6.45) is 8.60. The molecule has 1 fully saturated rings. The van der Waals surface area contributed by atoms with E-state index in [1.807, 2.05) is 6.92 Å². The summed E-state index contributed by atoms with van der Waals surface area (Å²) in [7, 11) is 0. The first-order valence-corrected chi connectivity index (χ1v) is 8.75. The summed E-state index contributed by atoms with van der Waals surface area (Å²) in [6, 6.07) is 0. The molecule has 0 aromatic heterocycles. The highest BCUT2D eigenvalue weighted by Gasteiger charge is 2.54. The summed E-state index contributed by atoms with van der Waals surface area (Å²) in [5.74, 6) is 0.996. The van der Waals surface area contributed by atoms with Gasteiger partial charge in [0.25, 0.3) is 0 Å². The Morgan fingerprint density at radius 1 is 1.41 bits per heavy atom. The third kappa shape index (κ3) is 2.92. The summed E-state index contributed by atoms with van der Waals surface area (Å²) < 4.78 is 0.